The predicted molar refractivity (Wildman–Crippen MR) is 67.4 cm³/mol. The smallest absolute Gasteiger partial charge is 0.236 e. The Hall–Kier alpha value is -0.570. The number of likely N-dealkylation sites (N-methyl/N-ethyl adjacent to an activating group) is 1. The zero-order valence-corrected chi connectivity index (χ0v) is 11.4. The summed E-state index contributed by atoms with van der Waals surface area (Å²) in [4.78, 5) is 16.0. The van der Waals surface area contributed by atoms with Crippen LogP contribution in [0.25, 0.3) is 0 Å². The topological polar surface area (TPSA) is 23.6 Å². The largest absolute Gasteiger partial charge is 0.340 e. The van der Waals surface area contributed by atoms with Crippen molar-refractivity contribution in [1.82, 2.24) is 9.80 Å². The Morgan fingerprint density at radius 3 is 2.56 bits per heavy atom. The first-order chi connectivity index (χ1) is 7.52. The van der Waals surface area contributed by atoms with Crippen molar-refractivity contribution < 1.29 is 4.79 Å². The third kappa shape index (κ3) is 2.76. The van der Waals surface area contributed by atoms with Gasteiger partial charge in [-0.1, -0.05) is 27.7 Å². The summed E-state index contributed by atoms with van der Waals surface area (Å²) in [6, 6.07) is 0.614. The number of carbonyl (C=O) groups excluding carboxylic acids is 1. The molecule has 0 saturated carbocycles. The first-order valence-electron chi connectivity index (χ1n) is 6.54. The molecule has 2 aliphatic rings. The van der Waals surface area contributed by atoms with Crippen LogP contribution in [0.5, 0.6) is 0 Å². The molecule has 94 valence electrons. The number of amides is 1. The van der Waals surface area contributed by atoms with Gasteiger partial charge in [0.25, 0.3) is 0 Å². The zero-order chi connectivity index (χ0) is 12.3. The highest BCUT2D eigenvalue weighted by Gasteiger charge is 2.42. The Kier molecular flexibility index (Phi) is 4.36. The number of fused-ring (bicyclic) bond motifs is 1. The number of nitrogens with zero attached hydrogens (tertiary/aromatic N) is 2. The monoisotopic (exact) mass is 226 g/mol. The van der Waals surface area contributed by atoms with E-state index in [0.29, 0.717) is 23.9 Å². The molecule has 0 aromatic carbocycles. The highest BCUT2D eigenvalue weighted by atomic mass is 16.2. The van der Waals surface area contributed by atoms with Crippen LogP contribution in [0.1, 0.15) is 41.0 Å². The Morgan fingerprint density at radius 2 is 2.00 bits per heavy atom. The predicted octanol–water partition coefficient (Wildman–Crippen LogP) is 1.98. The highest BCUT2D eigenvalue weighted by Crippen LogP contribution is 2.35. The Balaban J connectivity index is 0.000000606. The molecule has 1 unspecified atom stereocenters. The molecule has 2 saturated heterocycles. The lowest BCUT2D eigenvalue weighted by Crippen LogP contribution is -2.53. The van der Waals surface area contributed by atoms with Crippen molar-refractivity contribution in [1.29, 1.82) is 0 Å². The highest BCUT2D eigenvalue weighted by molar-refractivity contribution is 5.79. The van der Waals surface area contributed by atoms with Crippen molar-refractivity contribution >= 4 is 5.91 Å². The van der Waals surface area contributed by atoms with Crippen LogP contribution >= 0.6 is 0 Å². The average Bonchev–Trinajstić information content (AvgIpc) is 2.53. The van der Waals surface area contributed by atoms with E-state index in [1.807, 2.05) is 18.7 Å². The van der Waals surface area contributed by atoms with Gasteiger partial charge in [0.1, 0.15) is 0 Å². The number of rotatable bonds is 1. The van der Waals surface area contributed by atoms with E-state index in [-0.39, 0.29) is 0 Å². The van der Waals surface area contributed by atoms with E-state index in [4.69, 9.17) is 0 Å². The fourth-order valence-corrected chi connectivity index (χ4v) is 2.81. The van der Waals surface area contributed by atoms with Crippen molar-refractivity contribution in [2.75, 3.05) is 26.2 Å². The summed E-state index contributed by atoms with van der Waals surface area (Å²) in [5.74, 6) is 0.307. The van der Waals surface area contributed by atoms with E-state index in [2.05, 4.69) is 25.7 Å². The van der Waals surface area contributed by atoms with Gasteiger partial charge in [-0.2, -0.15) is 0 Å². The van der Waals surface area contributed by atoms with Gasteiger partial charge in [-0.3, -0.25) is 9.69 Å². The molecule has 3 nitrogen and oxygen atoms in total. The Labute approximate surface area is 99.8 Å². The standard InChI is InChI=1S/C11H20N2O.C2H6/c1-4-12-6-9-5-11(2,3)8-13(9)7-10(12)14;1-2/h9H,4-8H2,1-3H3;1-2H3. The molecule has 2 fully saturated rings. The summed E-state index contributed by atoms with van der Waals surface area (Å²) in [5, 5.41) is 0. The average molecular weight is 226 g/mol. The van der Waals surface area contributed by atoms with Crippen LogP contribution in [-0.2, 0) is 4.79 Å². The van der Waals surface area contributed by atoms with Crippen LogP contribution in [0.2, 0.25) is 0 Å². The molecule has 3 heteroatoms. The van der Waals surface area contributed by atoms with Crippen molar-refractivity contribution in [3.8, 4) is 0 Å². The molecule has 1 amide bonds. The van der Waals surface area contributed by atoms with E-state index < -0.39 is 0 Å². The number of hydrogen-bond donors (Lipinski definition) is 0. The van der Waals surface area contributed by atoms with Crippen LogP contribution in [0, 0.1) is 5.41 Å². The van der Waals surface area contributed by atoms with E-state index in [9.17, 15) is 4.79 Å². The first kappa shape index (κ1) is 13.5. The molecule has 0 radical (unpaired) electrons. The van der Waals surface area contributed by atoms with E-state index in [1.165, 1.54) is 6.42 Å². The molecule has 0 N–H and O–H groups in total. The van der Waals surface area contributed by atoms with Crippen molar-refractivity contribution in [2.24, 2.45) is 5.41 Å². The van der Waals surface area contributed by atoms with E-state index in [1.54, 1.807) is 0 Å². The zero-order valence-electron chi connectivity index (χ0n) is 11.4. The summed E-state index contributed by atoms with van der Waals surface area (Å²) in [5.41, 5.74) is 0.398. The lowest BCUT2D eigenvalue weighted by molar-refractivity contribution is -0.137. The maximum atomic E-state index is 11.7. The molecular weight excluding hydrogens is 200 g/mol. The fourth-order valence-electron chi connectivity index (χ4n) is 2.81. The van der Waals surface area contributed by atoms with Gasteiger partial charge in [0, 0.05) is 25.7 Å². The van der Waals surface area contributed by atoms with Gasteiger partial charge in [0.15, 0.2) is 0 Å². The lowest BCUT2D eigenvalue weighted by Gasteiger charge is -2.36. The third-order valence-electron chi connectivity index (χ3n) is 3.44. The van der Waals surface area contributed by atoms with Crippen molar-refractivity contribution in [3.63, 3.8) is 0 Å². The normalized spacial score (nSPS) is 28.4. The van der Waals surface area contributed by atoms with Gasteiger partial charge < -0.3 is 4.90 Å². The van der Waals surface area contributed by atoms with Gasteiger partial charge in [-0.15, -0.1) is 0 Å². The van der Waals surface area contributed by atoms with Crippen LogP contribution in [0.15, 0.2) is 0 Å². The molecule has 0 aliphatic carbocycles. The Morgan fingerprint density at radius 1 is 1.38 bits per heavy atom. The van der Waals surface area contributed by atoms with Crippen LogP contribution in [-0.4, -0.2) is 47.9 Å². The summed E-state index contributed by atoms with van der Waals surface area (Å²) in [7, 11) is 0. The summed E-state index contributed by atoms with van der Waals surface area (Å²) in [6.07, 6.45) is 1.23. The van der Waals surface area contributed by atoms with Crippen LogP contribution in [0.4, 0.5) is 0 Å². The summed E-state index contributed by atoms with van der Waals surface area (Å²) < 4.78 is 0. The van der Waals surface area contributed by atoms with Crippen LogP contribution < -0.4 is 0 Å². The van der Waals surface area contributed by atoms with E-state index >= 15 is 0 Å². The van der Waals surface area contributed by atoms with Gasteiger partial charge in [-0.25, -0.2) is 0 Å². The molecular formula is C13H26N2O. The molecule has 2 aliphatic heterocycles. The molecule has 16 heavy (non-hydrogen) atoms. The minimum atomic E-state index is 0.307. The lowest BCUT2D eigenvalue weighted by atomic mass is 9.90. The summed E-state index contributed by atoms with van der Waals surface area (Å²) >= 11 is 0. The fraction of sp³-hybridized carbons (Fsp3) is 0.923. The van der Waals surface area contributed by atoms with Gasteiger partial charge in [0.2, 0.25) is 5.91 Å². The van der Waals surface area contributed by atoms with Gasteiger partial charge >= 0.3 is 0 Å². The Bertz CT molecular complexity index is 250. The molecule has 0 aromatic heterocycles. The first-order valence-corrected chi connectivity index (χ1v) is 6.54. The minimum absolute atomic E-state index is 0.307. The van der Waals surface area contributed by atoms with Crippen molar-refractivity contribution in [2.45, 2.75) is 47.1 Å². The SMILES string of the molecule is CC.CCN1CC2CC(C)(C)CN2CC1=O. The second kappa shape index (κ2) is 5.17. The quantitative estimate of drug-likeness (QED) is 0.682. The van der Waals surface area contributed by atoms with Crippen LogP contribution in [0.3, 0.4) is 0 Å². The second-order valence-corrected chi connectivity index (χ2v) is 5.36. The second-order valence-electron chi connectivity index (χ2n) is 5.36. The number of piperazine rings is 1. The molecule has 0 spiro atoms. The van der Waals surface area contributed by atoms with E-state index in [0.717, 1.165) is 19.6 Å². The molecule has 0 aromatic rings. The molecule has 0 bridgehead atoms. The number of carbonyl (C=O) groups is 1. The maximum Gasteiger partial charge on any atom is 0.236 e. The minimum Gasteiger partial charge on any atom is -0.340 e. The number of hydrogen-bond acceptors (Lipinski definition) is 2. The molecule has 1 atom stereocenters. The van der Waals surface area contributed by atoms with Gasteiger partial charge in [0.05, 0.1) is 6.54 Å². The summed E-state index contributed by atoms with van der Waals surface area (Å²) in [6.45, 7) is 14.2. The third-order valence-corrected chi connectivity index (χ3v) is 3.44. The maximum absolute atomic E-state index is 11.7. The molecule has 2 rings (SSSR count). The van der Waals surface area contributed by atoms with Gasteiger partial charge in [-0.05, 0) is 18.8 Å². The van der Waals surface area contributed by atoms with Crippen molar-refractivity contribution in [3.05, 3.63) is 0 Å². The molecule has 2 heterocycles.